The number of H-pyrrole nitrogens is 1. The largest absolute Gasteiger partial charge is 0.342 e. The fraction of sp³-hybridized carbons (Fsp3) is 0.0909. The van der Waals surface area contributed by atoms with E-state index in [1.807, 2.05) is 18.2 Å². The van der Waals surface area contributed by atoms with Crippen molar-refractivity contribution in [3.05, 3.63) is 46.9 Å². The molecule has 0 unspecified atom stereocenters. The summed E-state index contributed by atoms with van der Waals surface area (Å²) in [4.78, 5) is 6.88. The third-order valence-electron chi connectivity index (χ3n) is 2.01. The van der Waals surface area contributed by atoms with Crippen LogP contribution in [0.15, 0.2) is 36.5 Å². The second-order valence-corrected chi connectivity index (χ2v) is 3.67. The molecule has 15 heavy (non-hydrogen) atoms. The fourth-order valence-corrected chi connectivity index (χ4v) is 1.40. The summed E-state index contributed by atoms with van der Waals surface area (Å²) in [5.74, 6) is 0.846. The Morgan fingerprint density at radius 3 is 2.60 bits per heavy atom. The molecule has 2 aromatic rings. The molecule has 0 saturated carbocycles. The summed E-state index contributed by atoms with van der Waals surface area (Å²) < 4.78 is 0.479. The quantitative estimate of drug-likeness (QED) is 0.759. The number of nitrogens with zero attached hydrogens (tertiary/aromatic N) is 1. The smallest absolute Gasteiger partial charge is 0.198 e. The Balaban J connectivity index is 2.22. The van der Waals surface area contributed by atoms with E-state index in [-0.39, 0.29) is 0 Å². The minimum Gasteiger partial charge on any atom is -0.342 e. The molecule has 0 radical (unpaired) electrons. The lowest BCUT2D eigenvalue weighted by Gasteiger charge is -2.05. The number of nitrogens with one attached hydrogen (secondary N) is 2. The first-order valence-electron chi connectivity index (χ1n) is 4.63. The third kappa shape index (κ3) is 2.63. The molecule has 1 aromatic carbocycles. The van der Waals surface area contributed by atoms with E-state index in [0.717, 1.165) is 11.5 Å². The molecule has 0 aliphatic rings. The Labute approximate surface area is 93.2 Å². The van der Waals surface area contributed by atoms with Crippen molar-refractivity contribution in [2.75, 3.05) is 5.32 Å². The van der Waals surface area contributed by atoms with Gasteiger partial charge < -0.3 is 10.3 Å². The van der Waals surface area contributed by atoms with Crippen molar-refractivity contribution in [2.45, 2.75) is 6.92 Å². The molecule has 2 N–H and O–H groups in total. The standard InChI is InChI=1S/C11H11N3S/c1-8-2-4-9(5-3-8)13-10-6-7-12-11(15)14-10/h2-7H,1H3,(H2,12,13,14,15). The van der Waals surface area contributed by atoms with E-state index in [9.17, 15) is 0 Å². The molecular weight excluding hydrogens is 206 g/mol. The summed E-state index contributed by atoms with van der Waals surface area (Å²) in [6, 6.07) is 9.99. The first kappa shape index (κ1) is 9.86. The highest BCUT2D eigenvalue weighted by molar-refractivity contribution is 7.71. The summed E-state index contributed by atoms with van der Waals surface area (Å²) in [6.45, 7) is 2.06. The molecule has 76 valence electrons. The molecule has 0 spiro atoms. The maximum absolute atomic E-state index is 4.93. The summed E-state index contributed by atoms with van der Waals surface area (Å²) in [5, 5.41) is 3.21. The Morgan fingerprint density at radius 2 is 1.93 bits per heavy atom. The van der Waals surface area contributed by atoms with Crippen molar-refractivity contribution in [3.63, 3.8) is 0 Å². The highest BCUT2D eigenvalue weighted by Crippen LogP contribution is 2.13. The van der Waals surface area contributed by atoms with Crippen LogP contribution in [0.5, 0.6) is 0 Å². The van der Waals surface area contributed by atoms with Gasteiger partial charge in [0.25, 0.3) is 0 Å². The van der Waals surface area contributed by atoms with Crippen molar-refractivity contribution in [3.8, 4) is 0 Å². The lowest BCUT2D eigenvalue weighted by molar-refractivity contribution is 1.13. The molecule has 2 rings (SSSR count). The second-order valence-electron chi connectivity index (χ2n) is 3.28. The van der Waals surface area contributed by atoms with Crippen LogP contribution >= 0.6 is 12.2 Å². The monoisotopic (exact) mass is 217 g/mol. The van der Waals surface area contributed by atoms with Crippen LogP contribution < -0.4 is 5.32 Å². The van der Waals surface area contributed by atoms with Crippen LogP contribution in [0.4, 0.5) is 11.5 Å². The summed E-state index contributed by atoms with van der Waals surface area (Å²) in [6.07, 6.45) is 1.68. The van der Waals surface area contributed by atoms with Gasteiger partial charge in [0.2, 0.25) is 0 Å². The van der Waals surface area contributed by atoms with E-state index < -0.39 is 0 Å². The van der Waals surface area contributed by atoms with Gasteiger partial charge in [0.1, 0.15) is 5.82 Å². The van der Waals surface area contributed by atoms with Gasteiger partial charge in [0, 0.05) is 11.9 Å². The van der Waals surface area contributed by atoms with E-state index >= 15 is 0 Å². The second kappa shape index (κ2) is 4.23. The number of benzene rings is 1. The van der Waals surface area contributed by atoms with E-state index in [4.69, 9.17) is 12.2 Å². The van der Waals surface area contributed by atoms with Crippen molar-refractivity contribution < 1.29 is 0 Å². The van der Waals surface area contributed by atoms with Crippen LogP contribution in [0.25, 0.3) is 0 Å². The Bertz CT molecular complexity index is 502. The zero-order chi connectivity index (χ0) is 10.7. The van der Waals surface area contributed by atoms with Gasteiger partial charge in [0.15, 0.2) is 4.77 Å². The van der Waals surface area contributed by atoms with Crippen LogP contribution in [0.2, 0.25) is 0 Å². The van der Waals surface area contributed by atoms with Crippen molar-refractivity contribution in [1.82, 2.24) is 9.97 Å². The molecule has 1 heterocycles. The van der Waals surface area contributed by atoms with Gasteiger partial charge in [-0.2, -0.15) is 0 Å². The first-order valence-corrected chi connectivity index (χ1v) is 5.04. The fourth-order valence-electron chi connectivity index (χ4n) is 1.23. The molecule has 0 fully saturated rings. The van der Waals surface area contributed by atoms with Gasteiger partial charge in [-0.1, -0.05) is 17.7 Å². The normalized spacial score (nSPS) is 9.93. The van der Waals surface area contributed by atoms with Crippen molar-refractivity contribution in [1.29, 1.82) is 0 Å². The number of aromatic amines is 1. The van der Waals surface area contributed by atoms with E-state index in [2.05, 4.69) is 34.3 Å². The van der Waals surface area contributed by atoms with Gasteiger partial charge in [-0.25, -0.2) is 4.98 Å². The molecule has 0 aliphatic heterocycles. The number of aryl methyl sites for hydroxylation is 1. The Morgan fingerprint density at radius 1 is 1.20 bits per heavy atom. The van der Waals surface area contributed by atoms with Gasteiger partial charge in [-0.15, -0.1) is 0 Å². The highest BCUT2D eigenvalue weighted by Gasteiger charge is 1.93. The lowest BCUT2D eigenvalue weighted by Crippen LogP contribution is -1.94. The number of hydrogen-bond donors (Lipinski definition) is 2. The van der Waals surface area contributed by atoms with Gasteiger partial charge >= 0.3 is 0 Å². The molecule has 0 aliphatic carbocycles. The third-order valence-corrected chi connectivity index (χ3v) is 2.21. The van der Waals surface area contributed by atoms with E-state index in [1.165, 1.54) is 5.56 Å². The zero-order valence-corrected chi connectivity index (χ0v) is 9.14. The SMILES string of the molecule is Cc1ccc(Nc2ccnc(=S)[nH]2)cc1. The van der Waals surface area contributed by atoms with Crippen LogP contribution in [0, 0.1) is 11.7 Å². The maximum atomic E-state index is 4.93. The highest BCUT2D eigenvalue weighted by atomic mass is 32.1. The van der Waals surface area contributed by atoms with Crippen LogP contribution in [-0.4, -0.2) is 9.97 Å². The van der Waals surface area contributed by atoms with Crippen molar-refractivity contribution in [2.24, 2.45) is 0 Å². The van der Waals surface area contributed by atoms with Gasteiger partial charge in [0.05, 0.1) is 0 Å². The maximum Gasteiger partial charge on any atom is 0.198 e. The molecular formula is C11H11N3S. The first-order chi connectivity index (χ1) is 7.24. The molecule has 3 nitrogen and oxygen atoms in total. The predicted octanol–water partition coefficient (Wildman–Crippen LogP) is 3.19. The molecule has 1 aromatic heterocycles. The molecule has 4 heteroatoms. The lowest BCUT2D eigenvalue weighted by atomic mass is 10.2. The average Bonchev–Trinajstić information content (AvgIpc) is 2.22. The summed E-state index contributed by atoms with van der Waals surface area (Å²) >= 11 is 4.93. The molecule has 0 atom stereocenters. The van der Waals surface area contributed by atoms with Crippen LogP contribution in [0.1, 0.15) is 5.56 Å². The summed E-state index contributed by atoms with van der Waals surface area (Å²) in [5.41, 5.74) is 2.26. The predicted molar refractivity (Wildman–Crippen MR) is 63.9 cm³/mol. The van der Waals surface area contributed by atoms with Crippen LogP contribution in [0.3, 0.4) is 0 Å². The van der Waals surface area contributed by atoms with Crippen molar-refractivity contribution >= 4 is 23.7 Å². The Kier molecular flexibility index (Phi) is 2.78. The minimum absolute atomic E-state index is 0.479. The molecule has 0 amide bonds. The van der Waals surface area contributed by atoms with E-state index in [0.29, 0.717) is 4.77 Å². The Hall–Kier alpha value is -1.68. The zero-order valence-electron chi connectivity index (χ0n) is 8.32. The number of hydrogen-bond acceptors (Lipinski definition) is 3. The van der Waals surface area contributed by atoms with Crippen LogP contribution in [-0.2, 0) is 0 Å². The number of rotatable bonds is 2. The minimum atomic E-state index is 0.479. The molecule has 0 saturated heterocycles. The number of aromatic nitrogens is 2. The van der Waals surface area contributed by atoms with E-state index in [1.54, 1.807) is 6.20 Å². The van der Waals surface area contributed by atoms with Gasteiger partial charge in [-0.05, 0) is 37.3 Å². The molecule has 0 bridgehead atoms. The van der Waals surface area contributed by atoms with Gasteiger partial charge in [-0.3, -0.25) is 0 Å². The average molecular weight is 217 g/mol. The topological polar surface area (TPSA) is 40.7 Å². The summed E-state index contributed by atoms with van der Waals surface area (Å²) in [7, 11) is 0. The number of anilines is 2.